The van der Waals surface area contributed by atoms with E-state index in [1.807, 2.05) is 59.5 Å². The van der Waals surface area contributed by atoms with Gasteiger partial charge in [0, 0.05) is 36.1 Å². The number of hydrogen-bond donors (Lipinski definition) is 0. The molecule has 3 heterocycles. The second kappa shape index (κ2) is 8.53. The summed E-state index contributed by atoms with van der Waals surface area (Å²) < 4.78 is 0. The lowest BCUT2D eigenvalue weighted by Gasteiger charge is -2.25. The van der Waals surface area contributed by atoms with Gasteiger partial charge >= 0.3 is 0 Å². The molecule has 1 aliphatic heterocycles. The topological polar surface area (TPSA) is 46.1 Å². The Labute approximate surface area is 170 Å². The van der Waals surface area contributed by atoms with Gasteiger partial charge in [-0.15, -0.1) is 0 Å². The fourth-order valence-electron chi connectivity index (χ4n) is 3.77. The Morgan fingerprint density at radius 3 is 2.71 bits per heavy atom. The summed E-state index contributed by atoms with van der Waals surface area (Å²) in [4.78, 5) is 23.7. The van der Waals surface area contributed by atoms with Crippen molar-refractivity contribution in [2.24, 2.45) is 0 Å². The average molecular weight is 392 g/mol. The van der Waals surface area contributed by atoms with Crippen molar-refractivity contribution in [3.63, 3.8) is 0 Å². The quantitative estimate of drug-likeness (QED) is 0.637. The molecule has 0 spiro atoms. The molecule has 0 unspecified atom stereocenters. The molecule has 0 aliphatic carbocycles. The minimum Gasteiger partial charge on any atom is -0.334 e. The number of halogens is 1. The standard InChI is InChI=1S/C23H22ClN3O/c24-20-7-2-1-5-18(20)16-19-6-3-8-21(26-19)22-9-4-14-27(22)23(28)15-17-10-12-25-13-11-17/h1-3,5-8,10-13,22H,4,9,14-16H2/t22-/m1/s1. The Balaban J connectivity index is 1.51. The third-order valence-corrected chi connectivity index (χ3v) is 5.55. The normalized spacial score (nSPS) is 16.3. The number of rotatable bonds is 5. The molecule has 1 aliphatic rings. The van der Waals surface area contributed by atoms with Crippen LogP contribution >= 0.6 is 11.6 Å². The number of pyridine rings is 2. The number of carbonyl (C=O) groups excluding carboxylic acids is 1. The Morgan fingerprint density at radius 2 is 1.89 bits per heavy atom. The SMILES string of the molecule is O=C(Cc1ccncc1)N1CCC[C@@H]1c1cccc(Cc2ccccc2Cl)n1. The summed E-state index contributed by atoms with van der Waals surface area (Å²) in [5.74, 6) is 0.145. The van der Waals surface area contributed by atoms with Crippen LogP contribution in [0.15, 0.2) is 67.0 Å². The fraction of sp³-hybridized carbons (Fsp3) is 0.261. The monoisotopic (exact) mass is 391 g/mol. The molecule has 1 fully saturated rings. The first-order valence-electron chi connectivity index (χ1n) is 9.58. The van der Waals surface area contributed by atoms with Gasteiger partial charge in [-0.1, -0.05) is 35.9 Å². The van der Waals surface area contributed by atoms with Crippen LogP contribution in [0.3, 0.4) is 0 Å². The van der Waals surface area contributed by atoms with E-state index < -0.39 is 0 Å². The van der Waals surface area contributed by atoms with Gasteiger partial charge in [-0.2, -0.15) is 0 Å². The van der Waals surface area contributed by atoms with Gasteiger partial charge in [-0.3, -0.25) is 14.8 Å². The summed E-state index contributed by atoms with van der Waals surface area (Å²) in [6.07, 6.45) is 6.49. The van der Waals surface area contributed by atoms with Crippen molar-refractivity contribution in [1.82, 2.24) is 14.9 Å². The van der Waals surface area contributed by atoms with Gasteiger partial charge in [-0.25, -0.2) is 0 Å². The van der Waals surface area contributed by atoms with E-state index in [0.29, 0.717) is 12.8 Å². The second-order valence-corrected chi connectivity index (χ2v) is 7.51. The van der Waals surface area contributed by atoms with Crippen LogP contribution in [0.2, 0.25) is 5.02 Å². The van der Waals surface area contributed by atoms with Crippen LogP contribution in [-0.4, -0.2) is 27.3 Å². The number of nitrogens with zero attached hydrogens (tertiary/aromatic N) is 3. The van der Waals surface area contributed by atoms with Gasteiger partial charge in [0.15, 0.2) is 0 Å². The highest BCUT2D eigenvalue weighted by atomic mass is 35.5. The summed E-state index contributed by atoms with van der Waals surface area (Å²) in [6.45, 7) is 0.783. The highest BCUT2D eigenvalue weighted by Gasteiger charge is 2.30. The minimum atomic E-state index is 0.0422. The summed E-state index contributed by atoms with van der Waals surface area (Å²) in [6, 6.07) is 17.7. The molecule has 5 heteroatoms. The molecule has 0 bridgehead atoms. The zero-order valence-electron chi connectivity index (χ0n) is 15.6. The van der Waals surface area contributed by atoms with Gasteiger partial charge in [0.2, 0.25) is 5.91 Å². The zero-order chi connectivity index (χ0) is 19.3. The van der Waals surface area contributed by atoms with Crippen LogP contribution in [-0.2, 0) is 17.6 Å². The molecule has 0 radical (unpaired) electrons. The number of amides is 1. The minimum absolute atomic E-state index is 0.0422. The summed E-state index contributed by atoms with van der Waals surface area (Å²) in [5, 5.41) is 0.754. The fourth-order valence-corrected chi connectivity index (χ4v) is 3.97. The highest BCUT2D eigenvalue weighted by Crippen LogP contribution is 2.31. The maximum atomic E-state index is 12.9. The van der Waals surface area contributed by atoms with Gasteiger partial charge in [0.25, 0.3) is 0 Å². The number of hydrogen-bond acceptors (Lipinski definition) is 3. The first-order chi connectivity index (χ1) is 13.7. The number of benzene rings is 1. The van der Waals surface area contributed by atoms with Crippen LogP contribution in [0, 0.1) is 0 Å². The summed E-state index contributed by atoms with van der Waals surface area (Å²) in [7, 11) is 0. The lowest BCUT2D eigenvalue weighted by molar-refractivity contribution is -0.131. The molecule has 0 N–H and O–H groups in total. The van der Waals surface area contributed by atoms with Crippen LogP contribution in [0.5, 0.6) is 0 Å². The molecule has 1 saturated heterocycles. The van der Waals surface area contributed by atoms with Gasteiger partial charge in [0.05, 0.1) is 18.2 Å². The molecular weight excluding hydrogens is 370 g/mol. The van der Waals surface area contributed by atoms with Crippen LogP contribution in [0.1, 0.15) is 41.4 Å². The molecule has 2 aromatic heterocycles. The zero-order valence-corrected chi connectivity index (χ0v) is 16.3. The van der Waals surface area contributed by atoms with Crippen molar-refractivity contribution in [3.8, 4) is 0 Å². The van der Waals surface area contributed by atoms with Gasteiger partial charge in [-0.05, 0) is 54.3 Å². The Kier molecular flexibility index (Phi) is 5.68. The van der Waals surface area contributed by atoms with Crippen molar-refractivity contribution >= 4 is 17.5 Å². The van der Waals surface area contributed by atoms with E-state index in [9.17, 15) is 4.79 Å². The predicted molar refractivity (Wildman–Crippen MR) is 110 cm³/mol. The molecular formula is C23H22ClN3O. The largest absolute Gasteiger partial charge is 0.334 e. The second-order valence-electron chi connectivity index (χ2n) is 7.10. The maximum Gasteiger partial charge on any atom is 0.227 e. The van der Waals surface area contributed by atoms with Crippen molar-refractivity contribution in [1.29, 1.82) is 0 Å². The molecule has 28 heavy (non-hydrogen) atoms. The van der Waals surface area contributed by atoms with E-state index in [0.717, 1.165) is 46.9 Å². The molecule has 4 rings (SSSR count). The highest BCUT2D eigenvalue weighted by molar-refractivity contribution is 6.31. The third kappa shape index (κ3) is 4.23. The van der Waals surface area contributed by atoms with Crippen molar-refractivity contribution in [2.75, 3.05) is 6.54 Å². The molecule has 142 valence electrons. The molecule has 3 aromatic rings. The van der Waals surface area contributed by atoms with E-state index in [1.54, 1.807) is 12.4 Å². The Hall–Kier alpha value is -2.72. The summed E-state index contributed by atoms with van der Waals surface area (Å²) >= 11 is 6.30. The molecule has 0 saturated carbocycles. The van der Waals surface area contributed by atoms with E-state index in [4.69, 9.17) is 16.6 Å². The summed E-state index contributed by atoms with van der Waals surface area (Å²) in [5.41, 5.74) is 3.99. The number of carbonyl (C=O) groups is 1. The average Bonchev–Trinajstić information content (AvgIpc) is 3.21. The smallest absolute Gasteiger partial charge is 0.227 e. The Bertz CT molecular complexity index is 961. The first kappa shape index (κ1) is 18.6. The van der Waals surface area contributed by atoms with Gasteiger partial charge < -0.3 is 4.90 Å². The van der Waals surface area contributed by atoms with Crippen molar-refractivity contribution < 1.29 is 4.79 Å². The number of likely N-dealkylation sites (tertiary alicyclic amines) is 1. The Morgan fingerprint density at radius 1 is 1.07 bits per heavy atom. The predicted octanol–water partition coefficient (Wildman–Crippen LogP) is 4.63. The van der Waals surface area contributed by atoms with Crippen LogP contribution in [0.4, 0.5) is 0 Å². The van der Waals surface area contributed by atoms with Crippen molar-refractivity contribution in [3.05, 3.63) is 94.5 Å². The first-order valence-corrected chi connectivity index (χ1v) is 9.96. The van der Waals surface area contributed by atoms with E-state index in [1.165, 1.54) is 0 Å². The molecule has 1 aromatic carbocycles. The maximum absolute atomic E-state index is 12.9. The van der Waals surface area contributed by atoms with E-state index in [2.05, 4.69) is 4.98 Å². The third-order valence-electron chi connectivity index (χ3n) is 5.18. The molecule has 1 atom stereocenters. The number of aromatic nitrogens is 2. The van der Waals surface area contributed by atoms with Crippen LogP contribution in [0.25, 0.3) is 0 Å². The lowest BCUT2D eigenvalue weighted by atomic mass is 10.1. The lowest BCUT2D eigenvalue weighted by Crippen LogP contribution is -2.32. The molecule has 1 amide bonds. The van der Waals surface area contributed by atoms with Gasteiger partial charge in [0.1, 0.15) is 0 Å². The van der Waals surface area contributed by atoms with E-state index >= 15 is 0 Å². The van der Waals surface area contributed by atoms with Crippen molar-refractivity contribution in [2.45, 2.75) is 31.7 Å². The van der Waals surface area contributed by atoms with E-state index in [-0.39, 0.29) is 11.9 Å². The molecule has 4 nitrogen and oxygen atoms in total. The van der Waals surface area contributed by atoms with Crippen LogP contribution < -0.4 is 0 Å².